The van der Waals surface area contributed by atoms with Crippen LogP contribution in [-0.2, 0) is 12.7 Å². The van der Waals surface area contributed by atoms with Crippen LogP contribution in [0.4, 0.5) is 13.2 Å². The Morgan fingerprint density at radius 1 is 1.35 bits per heavy atom. The van der Waals surface area contributed by atoms with Crippen molar-refractivity contribution in [1.82, 2.24) is 10.3 Å². The van der Waals surface area contributed by atoms with E-state index in [1.54, 1.807) is 11.3 Å². The Kier molecular flexibility index (Phi) is 4.70. The van der Waals surface area contributed by atoms with Gasteiger partial charge in [-0.3, -0.25) is 0 Å². The highest BCUT2D eigenvalue weighted by Crippen LogP contribution is 2.41. The molecule has 7 heteroatoms. The predicted octanol–water partition coefficient (Wildman–Crippen LogP) is 3.86. The summed E-state index contributed by atoms with van der Waals surface area (Å²) in [6.07, 6.45) is -2.98. The summed E-state index contributed by atoms with van der Waals surface area (Å²) in [5.41, 5.74) is 0.417. The molecule has 1 heterocycles. The van der Waals surface area contributed by atoms with Crippen LogP contribution in [0.2, 0.25) is 0 Å². The summed E-state index contributed by atoms with van der Waals surface area (Å²) >= 11 is 1.64. The van der Waals surface area contributed by atoms with Crippen LogP contribution in [0, 0.1) is 0 Å². The van der Waals surface area contributed by atoms with Gasteiger partial charge >= 0.3 is 6.18 Å². The summed E-state index contributed by atoms with van der Waals surface area (Å²) in [5.74, 6) is 0.615. The van der Waals surface area contributed by atoms with Gasteiger partial charge in [0, 0.05) is 24.4 Å². The van der Waals surface area contributed by atoms with Crippen molar-refractivity contribution in [3.05, 3.63) is 51.5 Å². The third kappa shape index (κ3) is 4.31. The van der Waals surface area contributed by atoms with Crippen molar-refractivity contribution in [2.45, 2.75) is 37.6 Å². The molecular weight excluding hydrogens is 325 g/mol. The highest BCUT2D eigenvalue weighted by Gasteiger charge is 2.30. The number of halogens is 3. The number of benzene rings is 1. The molecule has 1 aromatic carbocycles. The number of nitrogens with zero attached hydrogens (tertiary/aromatic N) is 1. The zero-order valence-corrected chi connectivity index (χ0v) is 13.1. The van der Waals surface area contributed by atoms with Gasteiger partial charge in [0.2, 0.25) is 0 Å². The Balaban J connectivity index is 1.53. The molecule has 0 bridgehead atoms. The summed E-state index contributed by atoms with van der Waals surface area (Å²) in [6.45, 7) is 0.677. The molecule has 1 aliphatic carbocycles. The first-order chi connectivity index (χ1) is 10.9. The minimum absolute atomic E-state index is 0.178. The largest absolute Gasteiger partial charge is 0.416 e. The van der Waals surface area contributed by atoms with Gasteiger partial charge in [-0.1, -0.05) is 12.1 Å². The van der Waals surface area contributed by atoms with Gasteiger partial charge in [0.05, 0.1) is 22.4 Å². The van der Waals surface area contributed by atoms with Crippen LogP contribution in [0.5, 0.6) is 0 Å². The number of aliphatic hydroxyl groups is 1. The second kappa shape index (κ2) is 6.59. The highest BCUT2D eigenvalue weighted by molar-refractivity contribution is 7.09. The van der Waals surface area contributed by atoms with Crippen LogP contribution in [0.25, 0.3) is 0 Å². The van der Waals surface area contributed by atoms with Gasteiger partial charge < -0.3 is 10.4 Å². The molecule has 1 unspecified atom stereocenters. The standard InChI is InChI=1S/C16H17F3N2OS/c17-16(18,19)12-3-1-2-11(6-12)14(22)8-20-7-13-9-23-15(21-13)10-4-5-10/h1-3,6,9-10,14,20,22H,4-5,7-8H2. The van der Waals surface area contributed by atoms with E-state index in [-0.39, 0.29) is 12.1 Å². The zero-order chi connectivity index (χ0) is 16.4. The average molecular weight is 342 g/mol. The van der Waals surface area contributed by atoms with Crippen molar-refractivity contribution < 1.29 is 18.3 Å². The lowest BCUT2D eigenvalue weighted by atomic mass is 10.1. The Bertz CT molecular complexity index is 667. The molecule has 1 aromatic heterocycles. The normalized spacial score (nSPS) is 16.5. The summed E-state index contributed by atoms with van der Waals surface area (Å²) < 4.78 is 38.0. The van der Waals surface area contributed by atoms with Crippen molar-refractivity contribution in [3.8, 4) is 0 Å². The Labute approximate surface area is 136 Å². The molecule has 0 spiro atoms. The van der Waals surface area contributed by atoms with E-state index in [0.29, 0.717) is 12.5 Å². The number of hydrogen-bond donors (Lipinski definition) is 2. The first kappa shape index (κ1) is 16.4. The lowest BCUT2D eigenvalue weighted by Crippen LogP contribution is -2.21. The zero-order valence-electron chi connectivity index (χ0n) is 12.3. The molecule has 1 atom stereocenters. The van der Waals surface area contributed by atoms with Crippen LogP contribution in [0.15, 0.2) is 29.6 Å². The number of thiazole rings is 1. The minimum Gasteiger partial charge on any atom is -0.387 e. The molecule has 2 N–H and O–H groups in total. The molecule has 0 saturated heterocycles. The van der Waals surface area contributed by atoms with Crippen molar-refractivity contribution in [3.63, 3.8) is 0 Å². The van der Waals surface area contributed by atoms with E-state index in [9.17, 15) is 18.3 Å². The molecule has 23 heavy (non-hydrogen) atoms. The summed E-state index contributed by atoms with van der Waals surface area (Å²) in [5, 5.41) is 16.2. The lowest BCUT2D eigenvalue weighted by Gasteiger charge is -2.14. The topological polar surface area (TPSA) is 45.1 Å². The summed E-state index contributed by atoms with van der Waals surface area (Å²) in [4.78, 5) is 4.51. The quantitative estimate of drug-likeness (QED) is 0.838. The minimum atomic E-state index is -4.40. The van der Waals surface area contributed by atoms with Gasteiger partial charge in [0.25, 0.3) is 0 Å². The van der Waals surface area contributed by atoms with Crippen LogP contribution in [0.3, 0.4) is 0 Å². The molecule has 1 aliphatic rings. The maximum absolute atomic E-state index is 12.7. The van der Waals surface area contributed by atoms with Crippen LogP contribution in [-0.4, -0.2) is 16.6 Å². The van der Waals surface area contributed by atoms with Gasteiger partial charge in [-0.05, 0) is 30.5 Å². The predicted molar refractivity (Wildman–Crippen MR) is 82.2 cm³/mol. The van der Waals surface area contributed by atoms with Crippen molar-refractivity contribution >= 4 is 11.3 Å². The number of aromatic nitrogens is 1. The van der Waals surface area contributed by atoms with E-state index in [1.807, 2.05) is 5.38 Å². The Morgan fingerprint density at radius 2 is 2.13 bits per heavy atom. The second-order valence-electron chi connectivity index (χ2n) is 5.72. The summed E-state index contributed by atoms with van der Waals surface area (Å²) in [6, 6.07) is 4.79. The van der Waals surface area contributed by atoms with E-state index < -0.39 is 17.8 Å². The molecule has 1 saturated carbocycles. The molecule has 0 amide bonds. The van der Waals surface area contributed by atoms with E-state index in [1.165, 1.54) is 25.0 Å². The molecular formula is C16H17F3N2OS. The van der Waals surface area contributed by atoms with E-state index in [4.69, 9.17) is 0 Å². The van der Waals surface area contributed by atoms with Crippen LogP contribution >= 0.6 is 11.3 Å². The average Bonchev–Trinajstić information content (AvgIpc) is 3.26. The number of aliphatic hydroxyl groups excluding tert-OH is 1. The first-order valence-corrected chi connectivity index (χ1v) is 8.31. The first-order valence-electron chi connectivity index (χ1n) is 7.43. The number of hydrogen-bond acceptors (Lipinski definition) is 4. The fourth-order valence-electron chi connectivity index (χ4n) is 2.30. The molecule has 0 radical (unpaired) electrons. The molecule has 3 rings (SSSR count). The van der Waals surface area contributed by atoms with Gasteiger partial charge in [-0.25, -0.2) is 4.98 Å². The number of alkyl halides is 3. The maximum atomic E-state index is 12.7. The Morgan fingerprint density at radius 3 is 2.83 bits per heavy atom. The van der Waals surface area contributed by atoms with Gasteiger partial charge in [0.15, 0.2) is 0 Å². The van der Waals surface area contributed by atoms with E-state index in [0.717, 1.165) is 22.8 Å². The number of nitrogens with one attached hydrogen (secondary N) is 1. The van der Waals surface area contributed by atoms with Crippen LogP contribution in [0.1, 0.15) is 46.7 Å². The monoisotopic (exact) mass is 342 g/mol. The smallest absolute Gasteiger partial charge is 0.387 e. The number of rotatable bonds is 6. The van der Waals surface area contributed by atoms with E-state index >= 15 is 0 Å². The third-order valence-electron chi connectivity index (χ3n) is 3.74. The van der Waals surface area contributed by atoms with Crippen LogP contribution < -0.4 is 5.32 Å². The lowest BCUT2D eigenvalue weighted by molar-refractivity contribution is -0.137. The highest BCUT2D eigenvalue weighted by atomic mass is 32.1. The molecule has 124 valence electrons. The Hall–Kier alpha value is -1.44. The van der Waals surface area contributed by atoms with Crippen molar-refractivity contribution in [2.24, 2.45) is 0 Å². The molecule has 3 nitrogen and oxygen atoms in total. The van der Waals surface area contributed by atoms with Gasteiger partial charge in [-0.2, -0.15) is 13.2 Å². The van der Waals surface area contributed by atoms with Crippen molar-refractivity contribution in [2.75, 3.05) is 6.54 Å². The molecule has 2 aromatic rings. The van der Waals surface area contributed by atoms with E-state index in [2.05, 4.69) is 10.3 Å². The maximum Gasteiger partial charge on any atom is 0.416 e. The molecule has 1 fully saturated rings. The molecule has 0 aliphatic heterocycles. The summed E-state index contributed by atoms with van der Waals surface area (Å²) in [7, 11) is 0. The fraction of sp³-hybridized carbons (Fsp3) is 0.438. The third-order valence-corrected chi connectivity index (χ3v) is 4.79. The van der Waals surface area contributed by atoms with Gasteiger partial charge in [0.1, 0.15) is 0 Å². The fourth-order valence-corrected chi connectivity index (χ4v) is 3.29. The second-order valence-corrected chi connectivity index (χ2v) is 6.61. The van der Waals surface area contributed by atoms with Gasteiger partial charge in [-0.15, -0.1) is 11.3 Å². The SMILES string of the molecule is OC(CNCc1csc(C2CC2)n1)c1cccc(C(F)(F)F)c1. The van der Waals surface area contributed by atoms with Crippen molar-refractivity contribution in [1.29, 1.82) is 0 Å².